The Bertz CT molecular complexity index is 879. The second-order valence-electron chi connectivity index (χ2n) is 15.4. The number of hydrogen-bond acceptors (Lipinski definition) is 4. The maximum absolute atomic E-state index is 11.7. The van der Waals surface area contributed by atoms with Gasteiger partial charge in [0.15, 0.2) is 0 Å². The molecule has 4 aliphatic rings. The van der Waals surface area contributed by atoms with E-state index in [1.165, 1.54) is 0 Å². The highest BCUT2D eigenvalue weighted by atomic mass is 16.3. The highest BCUT2D eigenvalue weighted by molar-refractivity contribution is 5.21. The van der Waals surface area contributed by atoms with Crippen LogP contribution < -0.4 is 0 Å². The van der Waals surface area contributed by atoms with Crippen LogP contribution in [0.15, 0.2) is 25.3 Å². The van der Waals surface area contributed by atoms with E-state index in [-0.39, 0.29) is 33.7 Å². The van der Waals surface area contributed by atoms with Gasteiger partial charge in [-0.1, -0.05) is 60.6 Å². The molecule has 0 aliphatic heterocycles. The molecular weight excluding hydrogens is 448 g/mol. The van der Waals surface area contributed by atoms with Gasteiger partial charge in [-0.2, -0.15) is 0 Å². The maximum Gasteiger partial charge on any atom is 0.0885 e. The molecule has 4 saturated carbocycles. The zero-order chi connectivity index (χ0) is 27.1. The zero-order valence-electron chi connectivity index (χ0n) is 24.1. The van der Waals surface area contributed by atoms with Crippen LogP contribution in [0, 0.1) is 50.2 Å². The summed E-state index contributed by atoms with van der Waals surface area (Å²) in [5, 5.41) is 44.9. The minimum absolute atomic E-state index is 0.0578. The van der Waals surface area contributed by atoms with E-state index < -0.39 is 29.1 Å². The molecule has 11 atom stereocenters. The first-order valence-corrected chi connectivity index (χ1v) is 14.4. The minimum atomic E-state index is -0.932. The average Bonchev–Trinajstić information content (AvgIpc) is 2.79. The van der Waals surface area contributed by atoms with Crippen molar-refractivity contribution in [2.75, 3.05) is 0 Å². The van der Waals surface area contributed by atoms with Gasteiger partial charge in [-0.3, -0.25) is 0 Å². The molecule has 0 aromatic heterocycles. The van der Waals surface area contributed by atoms with Crippen LogP contribution in [-0.2, 0) is 0 Å². The van der Waals surface area contributed by atoms with Crippen LogP contribution in [0.2, 0.25) is 0 Å². The van der Waals surface area contributed by atoms with Crippen molar-refractivity contribution in [2.24, 2.45) is 50.2 Å². The molecule has 0 amide bonds. The van der Waals surface area contributed by atoms with Crippen LogP contribution in [0.25, 0.3) is 0 Å². The third-order valence-corrected chi connectivity index (χ3v) is 13.2. The van der Waals surface area contributed by atoms with Gasteiger partial charge < -0.3 is 20.4 Å². The summed E-state index contributed by atoms with van der Waals surface area (Å²) in [7, 11) is 0. The molecule has 36 heavy (non-hydrogen) atoms. The van der Waals surface area contributed by atoms with Crippen molar-refractivity contribution >= 4 is 0 Å². The lowest BCUT2D eigenvalue weighted by atomic mass is 9.35. The van der Waals surface area contributed by atoms with Gasteiger partial charge >= 0.3 is 0 Å². The molecule has 4 aliphatic carbocycles. The summed E-state index contributed by atoms with van der Waals surface area (Å²) in [6, 6.07) is 0. The van der Waals surface area contributed by atoms with Crippen molar-refractivity contribution in [3.8, 4) is 0 Å². The lowest BCUT2D eigenvalue weighted by molar-refractivity contribution is -0.258. The molecule has 0 spiro atoms. The smallest absolute Gasteiger partial charge is 0.0885 e. The average molecular weight is 503 g/mol. The lowest BCUT2D eigenvalue weighted by Crippen LogP contribution is -2.68. The molecule has 4 fully saturated rings. The molecule has 206 valence electrons. The van der Waals surface area contributed by atoms with Crippen LogP contribution in [-0.4, -0.2) is 44.8 Å². The van der Waals surface area contributed by atoms with Crippen LogP contribution >= 0.6 is 0 Å². The molecule has 4 rings (SSSR count). The number of rotatable bonds is 4. The van der Waals surface area contributed by atoms with E-state index in [2.05, 4.69) is 53.0 Å². The van der Waals surface area contributed by atoms with E-state index in [4.69, 9.17) is 0 Å². The van der Waals surface area contributed by atoms with E-state index in [1.54, 1.807) is 0 Å². The van der Waals surface area contributed by atoms with E-state index >= 15 is 0 Å². The molecule has 0 heterocycles. The van der Waals surface area contributed by atoms with E-state index in [0.717, 1.165) is 44.9 Å². The third-order valence-electron chi connectivity index (χ3n) is 13.2. The van der Waals surface area contributed by atoms with Gasteiger partial charge in [0.2, 0.25) is 0 Å². The fraction of sp³-hybridized carbons (Fsp3) is 0.875. The predicted molar refractivity (Wildman–Crippen MR) is 146 cm³/mol. The molecular formula is C32H54O4. The first-order chi connectivity index (χ1) is 16.5. The standard InChI is InChI=1S/C32H54O4/c1-10-12-22-30(8,15-13-21-28(5,6)23(33)14-16-32(21,22)11-2)29(7)18-20-17-27(3,4)25(35)26(36)31(20,9)24(34)19-29/h10-11,20-26,33-36H,1-2,12-19H2,3-9H3/t20?,21?,22?,23-,24+,25-,26-,29-,30+,31-,32-/m0/s1. The molecule has 0 aromatic rings. The fourth-order valence-corrected chi connectivity index (χ4v) is 10.4. The molecule has 3 unspecified atom stereocenters. The number of fused-ring (bicyclic) bond motifs is 2. The van der Waals surface area contributed by atoms with Gasteiger partial charge in [-0.25, -0.2) is 0 Å². The minimum Gasteiger partial charge on any atom is -0.393 e. The van der Waals surface area contributed by atoms with Crippen molar-refractivity contribution in [3.05, 3.63) is 25.3 Å². The Kier molecular flexibility index (Phi) is 6.82. The SMILES string of the molecule is C=CCC1[C@@]2(C=C)CC[C@H](O)C(C)(C)C2CC[C@@]1(C)[C@@]1(C)CC2CC(C)(C)[C@@H](O)[C@H](O)[C@]2(C)[C@H](O)C1. The Morgan fingerprint density at radius 3 is 2.00 bits per heavy atom. The summed E-state index contributed by atoms with van der Waals surface area (Å²) < 4.78 is 0. The highest BCUT2D eigenvalue weighted by Crippen LogP contribution is 2.73. The van der Waals surface area contributed by atoms with Gasteiger partial charge in [0.25, 0.3) is 0 Å². The maximum atomic E-state index is 11.7. The van der Waals surface area contributed by atoms with Crippen LogP contribution in [0.3, 0.4) is 0 Å². The van der Waals surface area contributed by atoms with Crippen molar-refractivity contribution in [1.29, 1.82) is 0 Å². The third kappa shape index (κ3) is 3.53. The summed E-state index contributed by atoms with van der Waals surface area (Å²) in [5.74, 6) is 0.805. The Hall–Kier alpha value is -0.680. The fourth-order valence-electron chi connectivity index (χ4n) is 10.4. The first kappa shape index (κ1) is 28.3. The molecule has 0 saturated heterocycles. The molecule has 0 bridgehead atoms. The summed E-state index contributed by atoms with van der Waals surface area (Å²) in [6.45, 7) is 24.0. The molecule has 4 N–H and O–H groups in total. The normalized spacial score (nSPS) is 54.1. The van der Waals surface area contributed by atoms with Crippen molar-refractivity contribution < 1.29 is 20.4 Å². The first-order valence-electron chi connectivity index (χ1n) is 14.4. The number of aliphatic hydroxyl groups excluding tert-OH is 4. The Labute approximate surface area is 220 Å². The quantitative estimate of drug-likeness (QED) is 0.362. The monoisotopic (exact) mass is 502 g/mol. The van der Waals surface area contributed by atoms with E-state index in [1.807, 2.05) is 20.8 Å². The lowest BCUT2D eigenvalue weighted by Gasteiger charge is -2.70. The van der Waals surface area contributed by atoms with Crippen molar-refractivity contribution in [1.82, 2.24) is 0 Å². The number of hydrogen-bond donors (Lipinski definition) is 4. The Morgan fingerprint density at radius 1 is 0.778 bits per heavy atom. The van der Waals surface area contributed by atoms with Gasteiger partial charge in [0.1, 0.15) is 0 Å². The summed E-state index contributed by atoms with van der Waals surface area (Å²) >= 11 is 0. The summed E-state index contributed by atoms with van der Waals surface area (Å²) in [4.78, 5) is 0. The largest absolute Gasteiger partial charge is 0.393 e. The van der Waals surface area contributed by atoms with E-state index in [9.17, 15) is 20.4 Å². The topological polar surface area (TPSA) is 80.9 Å². The molecule has 4 nitrogen and oxygen atoms in total. The van der Waals surface area contributed by atoms with Gasteiger partial charge in [0, 0.05) is 5.41 Å². The number of aliphatic hydroxyl groups is 4. The van der Waals surface area contributed by atoms with Gasteiger partial charge in [-0.05, 0) is 96.2 Å². The van der Waals surface area contributed by atoms with Gasteiger partial charge in [0.05, 0.1) is 24.4 Å². The Balaban J connectivity index is 1.79. The van der Waals surface area contributed by atoms with E-state index in [0.29, 0.717) is 18.3 Å². The van der Waals surface area contributed by atoms with Crippen LogP contribution in [0.4, 0.5) is 0 Å². The van der Waals surface area contributed by atoms with Crippen molar-refractivity contribution in [3.63, 3.8) is 0 Å². The molecule has 4 heteroatoms. The second kappa shape index (κ2) is 8.66. The van der Waals surface area contributed by atoms with Crippen LogP contribution in [0.1, 0.15) is 99.8 Å². The summed E-state index contributed by atoms with van der Waals surface area (Å²) in [5.41, 5.74) is -1.55. The summed E-state index contributed by atoms with van der Waals surface area (Å²) in [6.07, 6.45) is 8.63. The highest BCUT2D eigenvalue weighted by Gasteiger charge is 2.68. The molecule has 0 radical (unpaired) electrons. The molecule has 0 aromatic carbocycles. The van der Waals surface area contributed by atoms with Crippen molar-refractivity contribution in [2.45, 2.75) is 124 Å². The van der Waals surface area contributed by atoms with Gasteiger partial charge in [-0.15, -0.1) is 13.2 Å². The Morgan fingerprint density at radius 2 is 1.42 bits per heavy atom. The second-order valence-corrected chi connectivity index (χ2v) is 15.4. The predicted octanol–water partition coefficient (Wildman–Crippen LogP) is 5.88. The van der Waals surface area contributed by atoms with Crippen LogP contribution in [0.5, 0.6) is 0 Å². The number of allylic oxidation sites excluding steroid dienone is 2. The zero-order valence-corrected chi connectivity index (χ0v) is 24.1.